The summed E-state index contributed by atoms with van der Waals surface area (Å²) in [6.07, 6.45) is 3.72. The van der Waals surface area contributed by atoms with Crippen molar-refractivity contribution in [1.29, 1.82) is 0 Å². The van der Waals surface area contributed by atoms with Crippen molar-refractivity contribution in [3.8, 4) is 0 Å². The summed E-state index contributed by atoms with van der Waals surface area (Å²) in [4.78, 5) is 27.1. The lowest BCUT2D eigenvalue weighted by Crippen LogP contribution is -2.42. The maximum atomic E-state index is 13.4. The van der Waals surface area contributed by atoms with Crippen LogP contribution in [0.3, 0.4) is 0 Å². The molecule has 4 aromatic rings. The SMILES string of the molecule is O=C(C1CCN(c2nc3ccccc3o2)CC1)N1CCC[C@H]1c1nc2ccccc2s1. The number of benzene rings is 2. The van der Waals surface area contributed by atoms with Crippen LogP contribution in [0.15, 0.2) is 52.9 Å². The van der Waals surface area contributed by atoms with Gasteiger partial charge in [0.2, 0.25) is 5.91 Å². The van der Waals surface area contributed by atoms with Gasteiger partial charge in [-0.25, -0.2) is 4.98 Å². The molecule has 31 heavy (non-hydrogen) atoms. The van der Waals surface area contributed by atoms with Crippen LogP contribution >= 0.6 is 11.3 Å². The van der Waals surface area contributed by atoms with Gasteiger partial charge in [-0.05, 0) is 49.9 Å². The molecule has 2 aliphatic heterocycles. The van der Waals surface area contributed by atoms with Crippen molar-refractivity contribution in [1.82, 2.24) is 14.9 Å². The Balaban J connectivity index is 1.15. The fraction of sp³-hybridized carbons (Fsp3) is 0.375. The lowest BCUT2D eigenvalue weighted by atomic mass is 9.95. The molecule has 4 heterocycles. The maximum absolute atomic E-state index is 13.4. The van der Waals surface area contributed by atoms with Gasteiger partial charge in [-0.2, -0.15) is 4.98 Å². The van der Waals surface area contributed by atoms with E-state index in [9.17, 15) is 4.79 Å². The highest BCUT2D eigenvalue weighted by molar-refractivity contribution is 7.18. The first-order valence-corrected chi connectivity index (χ1v) is 11.8. The van der Waals surface area contributed by atoms with Crippen LogP contribution in [-0.2, 0) is 4.79 Å². The minimum Gasteiger partial charge on any atom is -0.423 e. The van der Waals surface area contributed by atoms with Crippen LogP contribution in [0.25, 0.3) is 21.3 Å². The number of fused-ring (bicyclic) bond motifs is 2. The van der Waals surface area contributed by atoms with E-state index < -0.39 is 0 Å². The van der Waals surface area contributed by atoms with Crippen molar-refractivity contribution in [2.75, 3.05) is 24.5 Å². The first-order valence-electron chi connectivity index (χ1n) is 11.0. The van der Waals surface area contributed by atoms with Gasteiger partial charge in [-0.15, -0.1) is 11.3 Å². The van der Waals surface area contributed by atoms with Crippen LogP contribution in [0.4, 0.5) is 6.01 Å². The van der Waals surface area contributed by atoms with E-state index in [1.165, 1.54) is 4.70 Å². The van der Waals surface area contributed by atoms with E-state index in [-0.39, 0.29) is 12.0 Å². The Morgan fingerprint density at radius 3 is 2.52 bits per heavy atom. The molecule has 0 spiro atoms. The standard InChI is InChI=1S/C24H24N4O2S/c29-23(28-13-5-8-19(28)22-25-18-7-2-4-10-21(18)31-22)16-11-14-27(15-12-16)24-26-17-6-1-3-9-20(17)30-24/h1-4,6-7,9-10,16,19H,5,8,11-15H2/t19-/m0/s1. The largest absolute Gasteiger partial charge is 0.423 e. The van der Waals surface area contributed by atoms with Crippen LogP contribution in [-0.4, -0.2) is 40.4 Å². The van der Waals surface area contributed by atoms with Crippen LogP contribution in [0.2, 0.25) is 0 Å². The molecule has 0 unspecified atom stereocenters. The molecule has 2 aromatic carbocycles. The number of aromatic nitrogens is 2. The molecule has 0 aliphatic carbocycles. The topological polar surface area (TPSA) is 62.5 Å². The molecule has 1 atom stereocenters. The third kappa shape index (κ3) is 3.37. The second kappa shape index (κ2) is 7.64. The molecule has 2 aliphatic rings. The van der Waals surface area contributed by atoms with E-state index in [2.05, 4.69) is 26.9 Å². The molecule has 2 saturated heterocycles. The molecule has 1 amide bonds. The highest BCUT2D eigenvalue weighted by atomic mass is 32.1. The van der Waals surface area contributed by atoms with Gasteiger partial charge in [-0.1, -0.05) is 24.3 Å². The number of carbonyl (C=O) groups excluding carboxylic acids is 1. The second-order valence-corrected chi connectivity index (χ2v) is 9.50. The molecule has 2 aromatic heterocycles. The van der Waals surface area contributed by atoms with Gasteiger partial charge in [-0.3, -0.25) is 4.79 Å². The van der Waals surface area contributed by atoms with Gasteiger partial charge in [0.25, 0.3) is 6.01 Å². The highest BCUT2D eigenvalue weighted by Crippen LogP contribution is 2.38. The molecular weight excluding hydrogens is 408 g/mol. The summed E-state index contributed by atoms with van der Waals surface area (Å²) < 4.78 is 7.12. The summed E-state index contributed by atoms with van der Waals surface area (Å²) in [5.74, 6) is 0.356. The van der Waals surface area contributed by atoms with Crippen LogP contribution in [0.5, 0.6) is 0 Å². The van der Waals surface area contributed by atoms with E-state index in [1.54, 1.807) is 11.3 Å². The van der Waals surface area contributed by atoms with Gasteiger partial charge in [0, 0.05) is 25.6 Å². The molecule has 2 fully saturated rings. The smallest absolute Gasteiger partial charge is 0.298 e. The molecule has 0 radical (unpaired) electrons. The van der Waals surface area contributed by atoms with Crippen molar-refractivity contribution in [2.24, 2.45) is 5.92 Å². The zero-order chi connectivity index (χ0) is 20.8. The molecule has 0 saturated carbocycles. The molecule has 0 bridgehead atoms. The Morgan fingerprint density at radius 1 is 0.935 bits per heavy atom. The van der Waals surface area contributed by atoms with Crippen molar-refractivity contribution in [3.63, 3.8) is 0 Å². The molecule has 0 N–H and O–H groups in total. The minimum absolute atomic E-state index is 0.0654. The minimum atomic E-state index is 0.0654. The van der Waals surface area contributed by atoms with E-state index in [4.69, 9.17) is 9.40 Å². The number of likely N-dealkylation sites (tertiary alicyclic amines) is 1. The first-order chi connectivity index (χ1) is 15.3. The highest BCUT2D eigenvalue weighted by Gasteiger charge is 2.37. The van der Waals surface area contributed by atoms with Gasteiger partial charge in [0.1, 0.15) is 10.5 Å². The van der Waals surface area contributed by atoms with Crippen molar-refractivity contribution in [2.45, 2.75) is 31.7 Å². The van der Waals surface area contributed by atoms with Gasteiger partial charge in [0.05, 0.1) is 16.3 Å². The van der Waals surface area contributed by atoms with E-state index in [0.29, 0.717) is 11.9 Å². The summed E-state index contributed by atoms with van der Waals surface area (Å²) in [7, 11) is 0. The lowest BCUT2D eigenvalue weighted by molar-refractivity contribution is -0.137. The number of anilines is 1. The number of carbonyl (C=O) groups is 1. The van der Waals surface area contributed by atoms with Gasteiger partial charge in [0.15, 0.2) is 5.58 Å². The Labute approximate surface area is 184 Å². The fourth-order valence-electron chi connectivity index (χ4n) is 4.87. The van der Waals surface area contributed by atoms with E-state index >= 15 is 0 Å². The zero-order valence-electron chi connectivity index (χ0n) is 17.2. The number of piperidine rings is 1. The molecular formula is C24H24N4O2S. The predicted molar refractivity (Wildman–Crippen MR) is 122 cm³/mol. The summed E-state index contributed by atoms with van der Waals surface area (Å²) in [5.41, 5.74) is 2.73. The monoisotopic (exact) mass is 432 g/mol. The van der Waals surface area contributed by atoms with Gasteiger partial charge < -0.3 is 14.2 Å². The number of oxazole rings is 1. The number of rotatable bonds is 3. The van der Waals surface area contributed by atoms with E-state index in [1.807, 2.05) is 36.4 Å². The molecule has 7 heteroatoms. The first kappa shape index (κ1) is 18.8. The average molecular weight is 433 g/mol. The number of nitrogens with zero attached hydrogens (tertiary/aromatic N) is 4. The number of hydrogen-bond donors (Lipinski definition) is 0. The summed E-state index contributed by atoms with van der Waals surface area (Å²) in [5, 5.41) is 1.08. The summed E-state index contributed by atoms with van der Waals surface area (Å²) >= 11 is 1.73. The maximum Gasteiger partial charge on any atom is 0.298 e. The normalized spacial score (nSPS) is 20.2. The third-order valence-electron chi connectivity index (χ3n) is 6.53. The summed E-state index contributed by atoms with van der Waals surface area (Å²) in [6, 6.07) is 16.9. The molecule has 6 rings (SSSR count). The number of amides is 1. The summed E-state index contributed by atoms with van der Waals surface area (Å²) in [6.45, 7) is 2.43. The quantitative estimate of drug-likeness (QED) is 0.455. The third-order valence-corrected chi connectivity index (χ3v) is 7.67. The van der Waals surface area contributed by atoms with Crippen molar-refractivity contribution in [3.05, 3.63) is 53.5 Å². The Kier molecular flexibility index (Phi) is 4.64. The zero-order valence-corrected chi connectivity index (χ0v) is 18.1. The Bertz CT molecular complexity index is 1170. The van der Waals surface area contributed by atoms with Gasteiger partial charge >= 0.3 is 0 Å². The second-order valence-electron chi connectivity index (χ2n) is 8.43. The number of thiazole rings is 1. The molecule has 158 valence electrons. The van der Waals surface area contributed by atoms with Crippen molar-refractivity contribution < 1.29 is 9.21 Å². The predicted octanol–water partition coefficient (Wildman–Crippen LogP) is 5.02. The molecule has 6 nitrogen and oxygen atoms in total. The number of para-hydroxylation sites is 3. The lowest BCUT2D eigenvalue weighted by Gasteiger charge is -2.33. The Morgan fingerprint density at radius 2 is 1.71 bits per heavy atom. The van der Waals surface area contributed by atoms with Crippen LogP contribution < -0.4 is 4.90 Å². The van der Waals surface area contributed by atoms with E-state index in [0.717, 1.165) is 66.9 Å². The Hall–Kier alpha value is -2.93. The van der Waals surface area contributed by atoms with Crippen molar-refractivity contribution >= 4 is 44.6 Å². The van der Waals surface area contributed by atoms with Crippen LogP contribution in [0.1, 0.15) is 36.7 Å². The fourth-order valence-corrected chi connectivity index (χ4v) is 5.98. The van der Waals surface area contributed by atoms with Crippen LogP contribution in [0, 0.1) is 5.92 Å². The number of hydrogen-bond acceptors (Lipinski definition) is 6. The average Bonchev–Trinajstić information content (AvgIpc) is 3.55.